The van der Waals surface area contributed by atoms with Crippen LogP contribution < -0.4 is 20.7 Å². The summed E-state index contributed by atoms with van der Waals surface area (Å²) in [5, 5.41) is 8.81. The van der Waals surface area contributed by atoms with Crippen molar-refractivity contribution in [3.63, 3.8) is 0 Å². The van der Waals surface area contributed by atoms with Crippen LogP contribution in [0.15, 0.2) is 53.4 Å². The van der Waals surface area contributed by atoms with Gasteiger partial charge in [-0.1, -0.05) is 97.8 Å². The Hall–Kier alpha value is -3.07. The van der Waals surface area contributed by atoms with Gasteiger partial charge in [0.15, 0.2) is 0 Å². The van der Waals surface area contributed by atoms with Crippen LogP contribution in [0, 0.1) is 11.8 Å². The van der Waals surface area contributed by atoms with Crippen molar-refractivity contribution in [3.8, 4) is 0 Å². The predicted octanol–water partition coefficient (Wildman–Crippen LogP) is 7.58. The van der Waals surface area contributed by atoms with E-state index in [0.29, 0.717) is 29.6 Å². The highest BCUT2D eigenvalue weighted by molar-refractivity contribution is 7.92. The first-order valence-corrected chi connectivity index (χ1v) is 17.3. The minimum Gasteiger partial charge on any atom is -0.352 e. The largest absolute Gasteiger partial charge is 0.352 e. The number of hydrogen-bond acceptors (Lipinski definition) is 4. The third-order valence-electron chi connectivity index (χ3n) is 8.13. The number of rotatable bonds is 13. The summed E-state index contributed by atoms with van der Waals surface area (Å²) < 4.78 is 28.7. The molecule has 3 rings (SSSR count). The highest BCUT2D eigenvalue weighted by Gasteiger charge is 2.27. The van der Waals surface area contributed by atoms with Gasteiger partial charge >= 0.3 is 6.03 Å². The zero-order valence-electron chi connectivity index (χ0n) is 26.8. The smallest absolute Gasteiger partial charge is 0.319 e. The van der Waals surface area contributed by atoms with Crippen LogP contribution in [0.25, 0.3) is 0 Å². The van der Waals surface area contributed by atoms with Gasteiger partial charge in [0.25, 0.3) is 10.0 Å². The van der Waals surface area contributed by atoms with Crippen LogP contribution in [0.2, 0.25) is 0 Å². The summed E-state index contributed by atoms with van der Waals surface area (Å²) >= 11 is 0. The number of amides is 3. The van der Waals surface area contributed by atoms with Gasteiger partial charge in [0, 0.05) is 11.7 Å². The molecule has 4 N–H and O–H groups in total. The number of urea groups is 1. The third-order valence-corrected chi connectivity index (χ3v) is 9.52. The van der Waals surface area contributed by atoms with Gasteiger partial charge in [-0.25, -0.2) is 13.2 Å². The summed E-state index contributed by atoms with van der Waals surface area (Å²) in [7, 11) is -3.82. The molecule has 0 spiro atoms. The van der Waals surface area contributed by atoms with Gasteiger partial charge in [0.05, 0.1) is 10.6 Å². The molecule has 0 radical (unpaired) electrons. The molecule has 1 unspecified atom stereocenters. The maximum Gasteiger partial charge on any atom is 0.319 e. The first kappa shape index (κ1) is 34.4. The minimum absolute atomic E-state index is 0.0272. The molecular formula is C34H52N4O4S. The van der Waals surface area contributed by atoms with E-state index in [2.05, 4.69) is 55.3 Å². The van der Waals surface area contributed by atoms with Gasteiger partial charge < -0.3 is 16.0 Å². The number of carbonyl (C=O) groups is 2. The number of sulfonamides is 1. The van der Waals surface area contributed by atoms with Crippen molar-refractivity contribution >= 4 is 33.3 Å². The minimum atomic E-state index is -3.82. The Kier molecular flexibility index (Phi) is 12.5. The van der Waals surface area contributed by atoms with E-state index in [4.69, 9.17) is 0 Å². The predicted molar refractivity (Wildman–Crippen MR) is 176 cm³/mol. The van der Waals surface area contributed by atoms with Crippen LogP contribution in [0.4, 0.5) is 16.2 Å². The van der Waals surface area contributed by atoms with Crippen molar-refractivity contribution < 1.29 is 18.0 Å². The van der Waals surface area contributed by atoms with Gasteiger partial charge in [0.2, 0.25) is 5.91 Å². The molecule has 9 heteroatoms. The molecule has 0 heterocycles. The molecule has 0 aromatic heterocycles. The number of anilines is 2. The van der Waals surface area contributed by atoms with Crippen molar-refractivity contribution in [2.75, 3.05) is 10.0 Å². The molecule has 238 valence electrons. The fraction of sp³-hybridized carbons (Fsp3) is 0.588. The molecule has 2 aromatic rings. The first-order chi connectivity index (χ1) is 20.2. The number of nitrogens with one attached hydrogen (secondary N) is 4. The van der Waals surface area contributed by atoms with Crippen LogP contribution in [0.5, 0.6) is 0 Å². The Balaban J connectivity index is 1.64. The van der Waals surface area contributed by atoms with E-state index in [-0.39, 0.29) is 22.3 Å². The van der Waals surface area contributed by atoms with E-state index < -0.39 is 22.1 Å². The Morgan fingerprint density at radius 1 is 0.884 bits per heavy atom. The molecule has 2 aromatic carbocycles. The fourth-order valence-electron chi connectivity index (χ4n) is 5.57. The molecular weight excluding hydrogens is 560 g/mol. The second-order valence-electron chi connectivity index (χ2n) is 13.6. The molecule has 1 saturated carbocycles. The third kappa shape index (κ3) is 11.5. The molecule has 1 aliphatic carbocycles. The first-order valence-electron chi connectivity index (χ1n) is 15.8. The van der Waals surface area contributed by atoms with Crippen LogP contribution in [0.1, 0.15) is 105 Å². The van der Waals surface area contributed by atoms with Crippen LogP contribution in [-0.2, 0) is 20.2 Å². The number of hydrogen-bond donors (Lipinski definition) is 4. The molecule has 0 bridgehead atoms. The molecule has 1 aliphatic rings. The standard InChI is InChI=1S/C34H52N4O4S/c1-24(2)12-10-13-25(3)35-32(39)31(22-26-14-8-7-9-15-26)37-33(40)36-28-16-11-17-29(23-28)38-43(41,42)30-20-18-27(19-21-30)34(4,5)6/h11,16-21,23-26,31,38H,7-10,12-15,22H2,1-6H3,(H,35,39)(H2,36,37,40)/t25?,31-/m1/s1. The Labute approximate surface area is 259 Å². The lowest BCUT2D eigenvalue weighted by molar-refractivity contribution is -0.124. The van der Waals surface area contributed by atoms with Crippen molar-refractivity contribution in [2.24, 2.45) is 11.8 Å². The number of benzene rings is 2. The van der Waals surface area contributed by atoms with Gasteiger partial charge in [-0.15, -0.1) is 0 Å². The number of carbonyl (C=O) groups excluding carboxylic acids is 2. The maximum absolute atomic E-state index is 13.3. The summed E-state index contributed by atoms with van der Waals surface area (Å²) in [6.07, 6.45) is 9.32. The van der Waals surface area contributed by atoms with Crippen molar-refractivity contribution in [2.45, 2.75) is 122 Å². The summed E-state index contributed by atoms with van der Waals surface area (Å²) in [6, 6.07) is 12.3. The summed E-state index contributed by atoms with van der Waals surface area (Å²) in [5.74, 6) is 0.870. The molecule has 3 amide bonds. The van der Waals surface area contributed by atoms with Crippen molar-refractivity contribution in [3.05, 3.63) is 54.1 Å². The van der Waals surface area contributed by atoms with Crippen molar-refractivity contribution in [1.29, 1.82) is 0 Å². The molecule has 8 nitrogen and oxygen atoms in total. The molecule has 1 fully saturated rings. The van der Waals surface area contributed by atoms with Gasteiger partial charge in [-0.2, -0.15) is 0 Å². The van der Waals surface area contributed by atoms with E-state index >= 15 is 0 Å². The summed E-state index contributed by atoms with van der Waals surface area (Å²) in [6.45, 7) is 12.6. The monoisotopic (exact) mass is 612 g/mol. The van der Waals surface area contributed by atoms with E-state index in [1.165, 1.54) is 6.42 Å². The van der Waals surface area contributed by atoms with Crippen LogP contribution in [-0.4, -0.2) is 32.4 Å². The van der Waals surface area contributed by atoms with E-state index in [9.17, 15) is 18.0 Å². The summed E-state index contributed by atoms with van der Waals surface area (Å²) in [4.78, 5) is 26.6. The van der Waals surface area contributed by atoms with Gasteiger partial charge in [-0.3, -0.25) is 9.52 Å². The lowest BCUT2D eigenvalue weighted by Crippen LogP contribution is -2.51. The van der Waals surface area contributed by atoms with E-state index in [0.717, 1.165) is 50.5 Å². The lowest BCUT2D eigenvalue weighted by atomic mass is 9.84. The second-order valence-corrected chi connectivity index (χ2v) is 15.3. The zero-order valence-corrected chi connectivity index (χ0v) is 27.6. The van der Waals surface area contributed by atoms with E-state index in [1.807, 2.05) is 19.1 Å². The van der Waals surface area contributed by atoms with E-state index in [1.54, 1.807) is 36.4 Å². The molecule has 43 heavy (non-hydrogen) atoms. The summed E-state index contributed by atoms with van der Waals surface area (Å²) in [5.41, 5.74) is 1.70. The highest BCUT2D eigenvalue weighted by atomic mass is 32.2. The average Bonchev–Trinajstić information content (AvgIpc) is 2.92. The van der Waals surface area contributed by atoms with Gasteiger partial charge in [-0.05, 0) is 72.9 Å². The van der Waals surface area contributed by atoms with Crippen LogP contribution >= 0.6 is 0 Å². The van der Waals surface area contributed by atoms with Gasteiger partial charge in [0.1, 0.15) is 6.04 Å². The maximum atomic E-state index is 13.3. The Bertz CT molecular complexity index is 1300. The van der Waals surface area contributed by atoms with Crippen molar-refractivity contribution in [1.82, 2.24) is 10.6 Å². The Morgan fingerprint density at radius 2 is 1.53 bits per heavy atom. The molecule has 0 aliphatic heterocycles. The Morgan fingerprint density at radius 3 is 2.16 bits per heavy atom. The zero-order chi connectivity index (χ0) is 31.6. The molecule has 2 atom stereocenters. The quantitative estimate of drug-likeness (QED) is 0.187. The SMILES string of the molecule is CC(C)CCCC(C)NC(=O)[C@@H](CC1CCCCC1)NC(=O)Nc1cccc(NS(=O)(=O)c2ccc(C(C)(C)C)cc2)c1. The topological polar surface area (TPSA) is 116 Å². The normalized spacial score (nSPS) is 15.9. The highest BCUT2D eigenvalue weighted by Crippen LogP contribution is 2.28. The fourth-order valence-corrected chi connectivity index (χ4v) is 6.62. The van der Waals surface area contributed by atoms with Crippen LogP contribution in [0.3, 0.4) is 0 Å². The lowest BCUT2D eigenvalue weighted by Gasteiger charge is -2.27. The second kappa shape index (κ2) is 15.6. The molecule has 0 saturated heterocycles. The average molecular weight is 613 g/mol.